The number of ether oxygens (including phenoxy) is 1. The first-order valence-electron chi connectivity index (χ1n) is 6.94. The highest BCUT2D eigenvalue weighted by atomic mass is 16.5. The number of carboxylic acid groups (broad SMARTS) is 1. The van der Waals surface area contributed by atoms with Gasteiger partial charge in [-0.05, 0) is 31.9 Å². The Morgan fingerprint density at radius 2 is 2.05 bits per heavy atom. The van der Waals surface area contributed by atoms with Crippen LogP contribution in [0, 0.1) is 0 Å². The third-order valence-corrected chi connectivity index (χ3v) is 2.80. The van der Waals surface area contributed by atoms with E-state index in [1.54, 1.807) is 12.2 Å². The second-order valence-electron chi connectivity index (χ2n) is 4.53. The summed E-state index contributed by atoms with van der Waals surface area (Å²) in [5.41, 5.74) is 0. The van der Waals surface area contributed by atoms with Gasteiger partial charge in [-0.15, -0.1) is 0 Å². The van der Waals surface area contributed by atoms with Crippen LogP contribution in [0.5, 0.6) is 5.75 Å². The number of amides is 1. The summed E-state index contributed by atoms with van der Waals surface area (Å²) in [7, 11) is 0. The van der Waals surface area contributed by atoms with Gasteiger partial charge in [0.05, 0.1) is 6.61 Å². The third-order valence-electron chi connectivity index (χ3n) is 2.80. The summed E-state index contributed by atoms with van der Waals surface area (Å²) in [6, 6.07) is 8.47. The van der Waals surface area contributed by atoms with Crippen LogP contribution >= 0.6 is 0 Å². The Morgan fingerprint density at radius 3 is 2.67 bits per heavy atom. The van der Waals surface area contributed by atoms with Gasteiger partial charge >= 0.3 is 5.97 Å². The highest BCUT2D eigenvalue weighted by molar-refractivity contribution is 5.83. The molecule has 5 heteroatoms. The lowest BCUT2D eigenvalue weighted by Gasteiger charge is -2.12. The van der Waals surface area contributed by atoms with Gasteiger partial charge in [0.2, 0.25) is 5.91 Å². The van der Waals surface area contributed by atoms with Gasteiger partial charge in [0.1, 0.15) is 11.8 Å². The van der Waals surface area contributed by atoms with Crippen LogP contribution in [-0.2, 0) is 9.59 Å². The Kier molecular flexibility index (Phi) is 7.64. The Morgan fingerprint density at radius 1 is 1.33 bits per heavy atom. The molecule has 0 saturated heterocycles. The third kappa shape index (κ3) is 7.15. The van der Waals surface area contributed by atoms with E-state index in [4.69, 9.17) is 9.84 Å². The van der Waals surface area contributed by atoms with Crippen LogP contribution in [0.15, 0.2) is 42.5 Å². The van der Waals surface area contributed by atoms with Gasteiger partial charge in [0.15, 0.2) is 0 Å². The molecule has 1 unspecified atom stereocenters. The fourth-order valence-corrected chi connectivity index (χ4v) is 1.70. The fraction of sp³-hybridized carbons (Fsp3) is 0.375. The van der Waals surface area contributed by atoms with Crippen molar-refractivity contribution in [1.29, 1.82) is 0 Å². The van der Waals surface area contributed by atoms with Gasteiger partial charge in [-0.25, -0.2) is 4.79 Å². The lowest BCUT2D eigenvalue weighted by molar-refractivity contribution is -0.141. The molecule has 1 rings (SSSR count). The van der Waals surface area contributed by atoms with Crippen LogP contribution in [0.2, 0.25) is 0 Å². The normalized spacial score (nSPS) is 12.0. The van der Waals surface area contributed by atoms with E-state index in [0.29, 0.717) is 13.0 Å². The Labute approximate surface area is 124 Å². The van der Waals surface area contributed by atoms with Crippen LogP contribution < -0.4 is 10.1 Å². The van der Waals surface area contributed by atoms with Gasteiger partial charge in [0, 0.05) is 6.42 Å². The molecular formula is C16H21NO4. The molecule has 0 fully saturated rings. The number of hydrogen-bond donors (Lipinski definition) is 2. The van der Waals surface area contributed by atoms with Crippen LogP contribution in [0.25, 0.3) is 0 Å². The van der Waals surface area contributed by atoms with Crippen molar-refractivity contribution in [1.82, 2.24) is 5.32 Å². The van der Waals surface area contributed by atoms with Gasteiger partial charge < -0.3 is 15.2 Å². The van der Waals surface area contributed by atoms with Crippen molar-refractivity contribution < 1.29 is 19.4 Å². The molecule has 0 radical (unpaired) electrons. The highest BCUT2D eigenvalue weighted by Crippen LogP contribution is 2.08. The second kappa shape index (κ2) is 9.58. The number of aliphatic carboxylic acids is 1. The minimum atomic E-state index is -1.03. The molecule has 1 aromatic rings. The molecule has 1 atom stereocenters. The van der Waals surface area contributed by atoms with E-state index in [0.717, 1.165) is 5.75 Å². The molecular weight excluding hydrogens is 270 g/mol. The minimum absolute atomic E-state index is 0.243. The zero-order chi connectivity index (χ0) is 15.5. The summed E-state index contributed by atoms with van der Waals surface area (Å²) in [5.74, 6) is -0.542. The van der Waals surface area contributed by atoms with Crippen LogP contribution in [0.4, 0.5) is 0 Å². The van der Waals surface area contributed by atoms with E-state index in [9.17, 15) is 9.59 Å². The number of allylic oxidation sites excluding steroid dienone is 1. The van der Waals surface area contributed by atoms with Crippen LogP contribution in [-0.4, -0.2) is 29.6 Å². The SMILES string of the molecule is C/C=C/CC(NC(=O)CCCOc1ccccc1)C(=O)O. The average molecular weight is 291 g/mol. The number of carbonyl (C=O) groups is 2. The van der Waals surface area contributed by atoms with Gasteiger partial charge in [-0.1, -0.05) is 30.4 Å². The predicted octanol–water partition coefficient (Wildman–Crippen LogP) is 2.38. The van der Waals surface area contributed by atoms with Crippen molar-refractivity contribution in [3.8, 4) is 5.75 Å². The van der Waals surface area contributed by atoms with Crippen LogP contribution in [0.3, 0.4) is 0 Å². The van der Waals surface area contributed by atoms with E-state index in [2.05, 4.69) is 5.32 Å². The number of hydrogen-bond acceptors (Lipinski definition) is 3. The topological polar surface area (TPSA) is 75.6 Å². The second-order valence-corrected chi connectivity index (χ2v) is 4.53. The first-order valence-corrected chi connectivity index (χ1v) is 6.94. The summed E-state index contributed by atoms with van der Waals surface area (Å²) in [4.78, 5) is 22.7. The summed E-state index contributed by atoms with van der Waals surface area (Å²) < 4.78 is 5.47. The molecule has 0 aliphatic heterocycles. The Bertz CT molecular complexity index is 470. The molecule has 1 amide bonds. The number of carbonyl (C=O) groups excluding carboxylic acids is 1. The quantitative estimate of drug-likeness (QED) is 0.541. The number of rotatable bonds is 9. The largest absolute Gasteiger partial charge is 0.494 e. The highest BCUT2D eigenvalue weighted by Gasteiger charge is 2.17. The Hall–Kier alpha value is -2.30. The molecule has 1 aromatic carbocycles. The van der Waals surface area contributed by atoms with Gasteiger partial charge in [-0.2, -0.15) is 0 Å². The van der Waals surface area contributed by atoms with E-state index in [1.807, 2.05) is 37.3 Å². The predicted molar refractivity (Wildman–Crippen MR) is 80.2 cm³/mol. The lowest BCUT2D eigenvalue weighted by Crippen LogP contribution is -2.40. The molecule has 114 valence electrons. The number of nitrogens with one attached hydrogen (secondary N) is 1. The van der Waals surface area contributed by atoms with Crippen molar-refractivity contribution in [3.63, 3.8) is 0 Å². The molecule has 2 N–H and O–H groups in total. The molecule has 0 aromatic heterocycles. The maximum Gasteiger partial charge on any atom is 0.326 e. The molecule has 0 aliphatic rings. The zero-order valence-corrected chi connectivity index (χ0v) is 12.1. The summed E-state index contributed by atoms with van der Waals surface area (Å²) >= 11 is 0. The van der Waals surface area contributed by atoms with Gasteiger partial charge in [0.25, 0.3) is 0 Å². The van der Waals surface area contributed by atoms with Crippen molar-refractivity contribution in [2.45, 2.75) is 32.2 Å². The molecule has 21 heavy (non-hydrogen) atoms. The molecule has 0 heterocycles. The zero-order valence-electron chi connectivity index (χ0n) is 12.1. The molecule has 0 aliphatic carbocycles. The smallest absolute Gasteiger partial charge is 0.326 e. The van der Waals surface area contributed by atoms with Crippen molar-refractivity contribution in [2.24, 2.45) is 0 Å². The van der Waals surface area contributed by atoms with E-state index < -0.39 is 12.0 Å². The summed E-state index contributed by atoms with van der Waals surface area (Å²) in [6.07, 6.45) is 4.55. The molecule has 0 saturated carbocycles. The van der Waals surface area contributed by atoms with Crippen LogP contribution in [0.1, 0.15) is 26.2 Å². The maximum absolute atomic E-state index is 11.7. The number of carboxylic acids is 1. The van der Waals surface area contributed by atoms with E-state index >= 15 is 0 Å². The van der Waals surface area contributed by atoms with E-state index in [1.165, 1.54) is 0 Å². The van der Waals surface area contributed by atoms with Crippen molar-refractivity contribution >= 4 is 11.9 Å². The number of benzene rings is 1. The van der Waals surface area contributed by atoms with Crippen molar-refractivity contribution in [3.05, 3.63) is 42.5 Å². The maximum atomic E-state index is 11.7. The molecule has 0 bridgehead atoms. The van der Waals surface area contributed by atoms with Crippen molar-refractivity contribution in [2.75, 3.05) is 6.61 Å². The molecule has 0 spiro atoms. The summed E-state index contributed by atoms with van der Waals surface area (Å²) in [5, 5.41) is 11.5. The monoisotopic (exact) mass is 291 g/mol. The average Bonchev–Trinajstić information content (AvgIpc) is 2.48. The van der Waals surface area contributed by atoms with Gasteiger partial charge in [-0.3, -0.25) is 4.79 Å². The first-order chi connectivity index (χ1) is 10.1. The standard InChI is InChI=1S/C16H21NO4/c1-2-3-10-14(16(19)20)17-15(18)11-7-12-21-13-8-5-4-6-9-13/h2-6,8-9,14H,7,10-12H2,1H3,(H,17,18)(H,19,20)/b3-2+. The lowest BCUT2D eigenvalue weighted by atomic mass is 10.2. The fourth-order valence-electron chi connectivity index (χ4n) is 1.70. The minimum Gasteiger partial charge on any atom is -0.494 e. The first kappa shape index (κ1) is 16.8. The number of para-hydroxylation sites is 1. The van der Waals surface area contributed by atoms with E-state index in [-0.39, 0.29) is 18.7 Å². The molecule has 5 nitrogen and oxygen atoms in total. The Balaban J connectivity index is 2.25. The summed E-state index contributed by atoms with van der Waals surface area (Å²) in [6.45, 7) is 2.23.